The number of halogens is 1. The maximum atomic E-state index is 5.84. The monoisotopic (exact) mass is 306 g/mol. The Labute approximate surface area is 115 Å². The molecular formula is C14H15BrN2O. The molecular weight excluding hydrogens is 292 g/mol. The van der Waals surface area contributed by atoms with Crippen LogP contribution in [0.3, 0.4) is 0 Å². The molecule has 0 bridgehead atoms. The summed E-state index contributed by atoms with van der Waals surface area (Å²) in [4.78, 5) is 4.19. The van der Waals surface area contributed by atoms with Gasteiger partial charge >= 0.3 is 0 Å². The number of nitrogens with zero attached hydrogens (tertiary/aromatic N) is 1. The van der Waals surface area contributed by atoms with E-state index >= 15 is 0 Å². The molecule has 2 rings (SSSR count). The number of hydrogen-bond acceptors (Lipinski definition) is 3. The van der Waals surface area contributed by atoms with Crippen LogP contribution in [0.2, 0.25) is 0 Å². The summed E-state index contributed by atoms with van der Waals surface area (Å²) in [6.45, 7) is 3.87. The first-order valence-corrected chi connectivity index (χ1v) is 6.51. The van der Waals surface area contributed by atoms with Crippen molar-refractivity contribution >= 4 is 15.9 Å². The minimum Gasteiger partial charge on any atom is -0.454 e. The maximum absolute atomic E-state index is 5.84. The predicted octanol–water partition coefficient (Wildman–Crippen LogP) is 3.96. The molecule has 0 aliphatic heterocycles. The summed E-state index contributed by atoms with van der Waals surface area (Å²) in [7, 11) is 0. The molecule has 94 valence electrons. The van der Waals surface area contributed by atoms with Crippen LogP contribution in [0.5, 0.6) is 11.5 Å². The van der Waals surface area contributed by atoms with E-state index in [0.717, 1.165) is 27.2 Å². The van der Waals surface area contributed by atoms with E-state index in [0.29, 0.717) is 0 Å². The Balaban J connectivity index is 2.28. The standard InChI is InChI=1S/C14H15BrN2O/c1-9(16)11-5-6-14(12(15)8-11)18-13-4-3-7-17-10(13)2/h3-9H,16H2,1-2H3/t9-/m0/s1. The summed E-state index contributed by atoms with van der Waals surface area (Å²) < 4.78 is 6.71. The molecule has 1 atom stereocenters. The van der Waals surface area contributed by atoms with Crippen LogP contribution in [-0.4, -0.2) is 4.98 Å². The lowest BCUT2D eigenvalue weighted by Crippen LogP contribution is -2.04. The van der Waals surface area contributed by atoms with E-state index in [1.807, 2.05) is 44.2 Å². The first-order valence-electron chi connectivity index (χ1n) is 5.72. The van der Waals surface area contributed by atoms with Gasteiger partial charge in [0.2, 0.25) is 0 Å². The molecule has 1 aromatic carbocycles. The largest absolute Gasteiger partial charge is 0.454 e. The summed E-state index contributed by atoms with van der Waals surface area (Å²) in [5.74, 6) is 1.52. The second kappa shape index (κ2) is 5.50. The summed E-state index contributed by atoms with van der Waals surface area (Å²) in [5.41, 5.74) is 7.77. The number of aryl methyl sites for hydroxylation is 1. The van der Waals surface area contributed by atoms with Crippen LogP contribution in [0.15, 0.2) is 41.0 Å². The van der Waals surface area contributed by atoms with Gasteiger partial charge in [-0.3, -0.25) is 4.98 Å². The van der Waals surface area contributed by atoms with Gasteiger partial charge in [0.05, 0.1) is 10.2 Å². The van der Waals surface area contributed by atoms with Gasteiger partial charge in [-0.15, -0.1) is 0 Å². The fraction of sp³-hybridized carbons (Fsp3) is 0.214. The van der Waals surface area contributed by atoms with Crippen molar-refractivity contribution < 1.29 is 4.74 Å². The van der Waals surface area contributed by atoms with Crippen LogP contribution >= 0.6 is 15.9 Å². The van der Waals surface area contributed by atoms with Gasteiger partial charge in [0.25, 0.3) is 0 Å². The van der Waals surface area contributed by atoms with Crippen molar-refractivity contribution in [2.24, 2.45) is 5.73 Å². The molecule has 0 saturated heterocycles. The number of pyridine rings is 1. The number of hydrogen-bond donors (Lipinski definition) is 1. The Hall–Kier alpha value is -1.39. The zero-order valence-electron chi connectivity index (χ0n) is 10.4. The highest BCUT2D eigenvalue weighted by Gasteiger charge is 2.08. The minimum absolute atomic E-state index is 0.00970. The van der Waals surface area contributed by atoms with Gasteiger partial charge in [-0.25, -0.2) is 0 Å². The number of nitrogens with two attached hydrogens (primary N) is 1. The van der Waals surface area contributed by atoms with E-state index in [2.05, 4.69) is 20.9 Å². The van der Waals surface area contributed by atoms with E-state index < -0.39 is 0 Å². The molecule has 2 N–H and O–H groups in total. The van der Waals surface area contributed by atoms with Crippen LogP contribution in [0.25, 0.3) is 0 Å². The van der Waals surface area contributed by atoms with Crippen molar-refractivity contribution in [1.29, 1.82) is 0 Å². The van der Waals surface area contributed by atoms with Gasteiger partial charge in [0.15, 0.2) is 0 Å². The molecule has 0 radical (unpaired) electrons. The molecule has 0 amide bonds. The van der Waals surface area contributed by atoms with E-state index in [4.69, 9.17) is 10.5 Å². The van der Waals surface area contributed by atoms with Crippen molar-refractivity contribution in [1.82, 2.24) is 4.98 Å². The van der Waals surface area contributed by atoms with Gasteiger partial charge in [0, 0.05) is 12.2 Å². The predicted molar refractivity (Wildman–Crippen MR) is 75.8 cm³/mol. The number of ether oxygens (including phenoxy) is 1. The van der Waals surface area contributed by atoms with Gasteiger partial charge < -0.3 is 10.5 Å². The molecule has 0 unspecified atom stereocenters. The quantitative estimate of drug-likeness (QED) is 0.933. The van der Waals surface area contributed by atoms with Crippen LogP contribution in [-0.2, 0) is 0 Å². The van der Waals surface area contributed by atoms with Gasteiger partial charge in [-0.05, 0) is 59.6 Å². The minimum atomic E-state index is 0.00970. The smallest absolute Gasteiger partial charge is 0.148 e. The topological polar surface area (TPSA) is 48.1 Å². The second-order valence-corrected chi connectivity index (χ2v) is 5.02. The SMILES string of the molecule is Cc1ncccc1Oc1ccc([C@H](C)N)cc1Br. The summed E-state index contributed by atoms with van der Waals surface area (Å²) in [6.07, 6.45) is 1.75. The Bertz CT molecular complexity index is 555. The highest BCUT2D eigenvalue weighted by molar-refractivity contribution is 9.10. The lowest BCUT2D eigenvalue weighted by atomic mass is 10.1. The first kappa shape index (κ1) is 13.1. The maximum Gasteiger partial charge on any atom is 0.148 e. The summed E-state index contributed by atoms with van der Waals surface area (Å²) in [6, 6.07) is 9.62. The van der Waals surface area contributed by atoms with Crippen LogP contribution in [0.1, 0.15) is 24.2 Å². The van der Waals surface area contributed by atoms with Gasteiger partial charge in [-0.1, -0.05) is 6.07 Å². The first-order chi connectivity index (χ1) is 8.58. The van der Waals surface area contributed by atoms with Crippen molar-refractivity contribution in [3.63, 3.8) is 0 Å². The molecule has 0 fully saturated rings. The fourth-order valence-corrected chi connectivity index (χ4v) is 2.06. The molecule has 3 nitrogen and oxygen atoms in total. The van der Waals surface area contributed by atoms with Crippen molar-refractivity contribution in [2.45, 2.75) is 19.9 Å². The van der Waals surface area contributed by atoms with E-state index in [-0.39, 0.29) is 6.04 Å². The Morgan fingerprint density at radius 3 is 2.67 bits per heavy atom. The highest BCUT2D eigenvalue weighted by Crippen LogP contribution is 2.32. The fourth-order valence-electron chi connectivity index (χ4n) is 1.58. The lowest BCUT2D eigenvalue weighted by Gasteiger charge is -2.12. The van der Waals surface area contributed by atoms with Crippen LogP contribution in [0, 0.1) is 6.92 Å². The number of rotatable bonds is 3. The molecule has 4 heteroatoms. The average molecular weight is 307 g/mol. The molecule has 0 saturated carbocycles. The molecule has 1 heterocycles. The highest BCUT2D eigenvalue weighted by atomic mass is 79.9. The molecule has 0 aliphatic rings. The van der Waals surface area contributed by atoms with E-state index in [9.17, 15) is 0 Å². The second-order valence-electron chi connectivity index (χ2n) is 4.17. The summed E-state index contributed by atoms with van der Waals surface area (Å²) in [5, 5.41) is 0. The van der Waals surface area contributed by atoms with Crippen molar-refractivity contribution in [3.05, 3.63) is 52.3 Å². The lowest BCUT2D eigenvalue weighted by molar-refractivity contribution is 0.472. The summed E-state index contributed by atoms with van der Waals surface area (Å²) >= 11 is 3.50. The van der Waals surface area contributed by atoms with Gasteiger partial charge in [-0.2, -0.15) is 0 Å². The Kier molecular flexibility index (Phi) is 3.99. The molecule has 2 aromatic rings. The van der Waals surface area contributed by atoms with Crippen LogP contribution in [0.4, 0.5) is 0 Å². The number of aromatic nitrogens is 1. The van der Waals surface area contributed by atoms with Crippen molar-refractivity contribution in [3.8, 4) is 11.5 Å². The van der Waals surface area contributed by atoms with Gasteiger partial charge in [0.1, 0.15) is 11.5 Å². The van der Waals surface area contributed by atoms with E-state index in [1.165, 1.54) is 0 Å². The molecule has 1 aromatic heterocycles. The Morgan fingerprint density at radius 1 is 1.28 bits per heavy atom. The zero-order chi connectivity index (χ0) is 13.1. The third kappa shape index (κ3) is 2.89. The average Bonchev–Trinajstić information content (AvgIpc) is 2.34. The van der Waals surface area contributed by atoms with Crippen LogP contribution < -0.4 is 10.5 Å². The van der Waals surface area contributed by atoms with Crippen molar-refractivity contribution in [2.75, 3.05) is 0 Å². The Morgan fingerprint density at radius 2 is 2.06 bits per heavy atom. The normalized spacial score (nSPS) is 12.2. The third-order valence-corrected chi connectivity index (χ3v) is 3.28. The number of benzene rings is 1. The molecule has 0 spiro atoms. The zero-order valence-corrected chi connectivity index (χ0v) is 11.9. The molecule has 18 heavy (non-hydrogen) atoms. The molecule has 0 aliphatic carbocycles. The third-order valence-electron chi connectivity index (χ3n) is 2.66. The van der Waals surface area contributed by atoms with E-state index in [1.54, 1.807) is 6.20 Å².